The molecule has 2 aromatic carbocycles. The van der Waals surface area contributed by atoms with Crippen LogP contribution in [0.5, 0.6) is 11.5 Å². The average molecular weight is 568 g/mol. The Morgan fingerprint density at radius 3 is 2.76 bits per heavy atom. The average Bonchev–Trinajstić information content (AvgIpc) is 3.01. The minimum atomic E-state index is -0.494. The third kappa shape index (κ3) is 5.27. The lowest BCUT2D eigenvalue weighted by Crippen LogP contribution is -2.06. The Morgan fingerprint density at radius 1 is 1.31 bits per heavy atom. The number of carbonyl (C=O) groups excluding carboxylic acids is 1. The molecule has 0 aromatic heterocycles. The maximum Gasteiger partial charge on any atom is 0.363 e. The highest BCUT2D eigenvalue weighted by Gasteiger charge is 2.25. The van der Waals surface area contributed by atoms with Gasteiger partial charge in [-0.05, 0) is 93.8 Å². The Hall–Kier alpha value is -2.13. The molecule has 5 nitrogen and oxygen atoms in total. The summed E-state index contributed by atoms with van der Waals surface area (Å²) < 4.78 is 18.6. The SMILES string of the molecule is C=C(C)COc1c(I)cc(/C=C2\N=C(c3ccccc3Br)OC2=O)cc1OCC. The van der Waals surface area contributed by atoms with Crippen molar-refractivity contribution >= 4 is 56.5 Å². The Labute approximate surface area is 191 Å². The first-order chi connectivity index (χ1) is 13.9. The summed E-state index contributed by atoms with van der Waals surface area (Å²) in [5.41, 5.74) is 2.63. The highest BCUT2D eigenvalue weighted by Crippen LogP contribution is 2.35. The van der Waals surface area contributed by atoms with Gasteiger partial charge in [-0.2, -0.15) is 0 Å². The first-order valence-corrected chi connectivity index (χ1v) is 10.8. The lowest BCUT2D eigenvalue weighted by Gasteiger charge is -2.14. The van der Waals surface area contributed by atoms with E-state index in [1.165, 1.54) is 0 Å². The summed E-state index contributed by atoms with van der Waals surface area (Å²) in [4.78, 5) is 16.7. The van der Waals surface area contributed by atoms with Gasteiger partial charge in [0, 0.05) is 4.47 Å². The molecule has 2 aromatic rings. The number of nitrogens with zero attached hydrogens (tertiary/aromatic N) is 1. The molecule has 0 unspecified atom stereocenters. The van der Waals surface area contributed by atoms with Crippen molar-refractivity contribution in [3.05, 3.63) is 73.4 Å². The number of esters is 1. The van der Waals surface area contributed by atoms with E-state index in [1.807, 2.05) is 50.2 Å². The molecule has 150 valence electrons. The molecule has 0 fully saturated rings. The second-order valence-corrected chi connectivity index (χ2v) is 8.34. The van der Waals surface area contributed by atoms with Crippen molar-refractivity contribution in [1.29, 1.82) is 0 Å². The van der Waals surface area contributed by atoms with Crippen molar-refractivity contribution in [2.24, 2.45) is 4.99 Å². The van der Waals surface area contributed by atoms with E-state index in [0.29, 0.717) is 24.7 Å². The molecule has 0 N–H and O–H groups in total. The van der Waals surface area contributed by atoms with Crippen LogP contribution in [0.3, 0.4) is 0 Å². The van der Waals surface area contributed by atoms with Crippen LogP contribution in [-0.4, -0.2) is 25.1 Å². The van der Waals surface area contributed by atoms with Gasteiger partial charge in [0.2, 0.25) is 5.90 Å². The number of halogens is 2. The van der Waals surface area contributed by atoms with Gasteiger partial charge >= 0.3 is 5.97 Å². The maximum atomic E-state index is 12.3. The van der Waals surface area contributed by atoms with Crippen LogP contribution in [-0.2, 0) is 9.53 Å². The predicted octanol–water partition coefficient (Wildman–Crippen LogP) is 5.75. The number of rotatable bonds is 7. The van der Waals surface area contributed by atoms with Gasteiger partial charge in [0.1, 0.15) is 6.61 Å². The van der Waals surface area contributed by atoms with E-state index < -0.39 is 5.97 Å². The second kappa shape index (κ2) is 9.58. The molecule has 0 radical (unpaired) electrons. The predicted molar refractivity (Wildman–Crippen MR) is 125 cm³/mol. The van der Waals surface area contributed by atoms with Crippen molar-refractivity contribution in [1.82, 2.24) is 0 Å². The highest BCUT2D eigenvalue weighted by molar-refractivity contribution is 14.1. The number of ether oxygens (including phenoxy) is 3. The molecule has 0 amide bonds. The van der Waals surface area contributed by atoms with Gasteiger partial charge in [-0.1, -0.05) is 18.7 Å². The normalized spacial score (nSPS) is 14.6. The molecule has 0 saturated carbocycles. The van der Waals surface area contributed by atoms with Crippen molar-refractivity contribution in [3.8, 4) is 11.5 Å². The first kappa shape index (κ1) is 21.6. The van der Waals surface area contributed by atoms with Gasteiger partial charge < -0.3 is 14.2 Å². The molecular weight excluding hydrogens is 549 g/mol. The number of cyclic esters (lactones) is 1. The van der Waals surface area contributed by atoms with Crippen molar-refractivity contribution in [2.75, 3.05) is 13.2 Å². The van der Waals surface area contributed by atoms with Gasteiger partial charge in [0.25, 0.3) is 0 Å². The summed E-state index contributed by atoms with van der Waals surface area (Å²) in [5, 5.41) is 0. The Bertz CT molecular complexity index is 1030. The number of benzene rings is 2. The summed E-state index contributed by atoms with van der Waals surface area (Å²) in [6, 6.07) is 11.2. The van der Waals surface area contributed by atoms with E-state index in [4.69, 9.17) is 14.2 Å². The summed E-state index contributed by atoms with van der Waals surface area (Å²) >= 11 is 5.64. The van der Waals surface area contributed by atoms with Crippen LogP contribution in [0.25, 0.3) is 6.08 Å². The number of hydrogen-bond donors (Lipinski definition) is 0. The van der Waals surface area contributed by atoms with Gasteiger partial charge in [-0.3, -0.25) is 0 Å². The summed E-state index contributed by atoms with van der Waals surface area (Å²) in [5.74, 6) is 1.04. The van der Waals surface area contributed by atoms with Gasteiger partial charge in [0.05, 0.1) is 15.7 Å². The molecule has 0 bridgehead atoms. The number of carbonyl (C=O) groups is 1. The fraction of sp³-hybridized carbons (Fsp3) is 0.182. The van der Waals surface area contributed by atoms with Gasteiger partial charge in [-0.15, -0.1) is 0 Å². The molecule has 29 heavy (non-hydrogen) atoms. The maximum absolute atomic E-state index is 12.3. The lowest BCUT2D eigenvalue weighted by molar-refractivity contribution is -0.129. The minimum Gasteiger partial charge on any atom is -0.490 e. The zero-order valence-corrected chi connectivity index (χ0v) is 19.7. The third-order valence-corrected chi connectivity index (χ3v) is 5.32. The second-order valence-electron chi connectivity index (χ2n) is 6.32. The molecular formula is C22H19BrINO4. The lowest BCUT2D eigenvalue weighted by atomic mass is 10.1. The van der Waals surface area contributed by atoms with Crippen LogP contribution < -0.4 is 9.47 Å². The minimum absolute atomic E-state index is 0.226. The van der Waals surface area contributed by atoms with Crippen LogP contribution >= 0.6 is 38.5 Å². The summed E-state index contributed by atoms with van der Waals surface area (Å²) in [6.07, 6.45) is 1.68. The molecule has 7 heteroatoms. The smallest absolute Gasteiger partial charge is 0.363 e. The molecule has 3 rings (SSSR count). The molecule has 1 heterocycles. The summed E-state index contributed by atoms with van der Waals surface area (Å²) in [6.45, 7) is 8.57. The topological polar surface area (TPSA) is 57.1 Å². The van der Waals surface area contributed by atoms with Crippen LogP contribution in [0.1, 0.15) is 25.0 Å². The first-order valence-electron chi connectivity index (χ1n) is 8.90. The fourth-order valence-corrected chi connectivity index (χ4v) is 3.82. The fourth-order valence-electron chi connectivity index (χ4n) is 2.59. The molecule has 0 saturated heterocycles. The van der Waals surface area contributed by atoms with Gasteiger partial charge in [0.15, 0.2) is 17.2 Å². The largest absolute Gasteiger partial charge is 0.490 e. The zero-order valence-electron chi connectivity index (χ0n) is 16.0. The van der Waals surface area contributed by atoms with Crippen molar-refractivity contribution < 1.29 is 19.0 Å². The Balaban J connectivity index is 1.96. The Morgan fingerprint density at radius 2 is 2.07 bits per heavy atom. The monoisotopic (exact) mass is 567 g/mol. The standard InChI is InChI=1S/C22H19BrINO4/c1-4-27-19-11-14(9-17(24)20(19)28-12-13(2)3)10-18-22(26)29-21(25-18)15-7-5-6-8-16(15)23/h5-11H,2,4,12H2,1,3H3/b18-10-. The summed E-state index contributed by atoms with van der Waals surface area (Å²) in [7, 11) is 0. The molecule has 1 aliphatic rings. The molecule has 0 spiro atoms. The molecule has 0 aliphatic carbocycles. The van der Waals surface area contributed by atoms with E-state index >= 15 is 0 Å². The van der Waals surface area contributed by atoms with E-state index in [0.717, 1.165) is 24.7 Å². The van der Waals surface area contributed by atoms with Crippen LogP contribution in [0, 0.1) is 3.57 Å². The van der Waals surface area contributed by atoms with Crippen LogP contribution in [0.4, 0.5) is 0 Å². The van der Waals surface area contributed by atoms with Crippen molar-refractivity contribution in [2.45, 2.75) is 13.8 Å². The van der Waals surface area contributed by atoms with Gasteiger partial charge in [-0.25, -0.2) is 9.79 Å². The molecule has 1 aliphatic heterocycles. The van der Waals surface area contributed by atoms with Crippen LogP contribution in [0.2, 0.25) is 0 Å². The third-order valence-electron chi connectivity index (χ3n) is 3.82. The van der Waals surface area contributed by atoms with E-state index in [9.17, 15) is 4.79 Å². The highest BCUT2D eigenvalue weighted by atomic mass is 127. The van der Waals surface area contributed by atoms with E-state index in [2.05, 4.69) is 50.1 Å². The van der Waals surface area contributed by atoms with E-state index in [-0.39, 0.29) is 11.6 Å². The van der Waals surface area contributed by atoms with Crippen molar-refractivity contribution in [3.63, 3.8) is 0 Å². The quantitative estimate of drug-likeness (QED) is 0.185. The van der Waals surface area contributed by atoms with Crippen LogP contribution in [0.15, 0.2) is 63.7 Å². The Kier molecular flexibility index (Phi) is 7.13. The zero-order chi connectivity index (χ0) is 21.0. The molecule has 0 atom stereocenters. The number of aliphatic imine (C=N–C) groups is 1. The number of hydrogen-bond acceptors (Lipinski definition) is 5. The van der Waals surface area contributed by atoms with E-state index in [1.54, 1.807) is 6.08 Å².